The van der Waals surface area contributed by atoms with Crippen molar-refractivity contribution in [3.05, 3.63) is 96.1 Å². The van der Waals surface area contributed by atoms with Crippen molar-refractivity contribution in [1.82, 2.24) is 4.48 Å². The molecule has 1 unspecified atom stereocenters. The molecule has 0 aliphatic carbocycles. The van der Waals surface area contributed by atoms with Crippen LogP contribution in [0.2, 0.25) is 0 Å². The van der Waals surface area contributed by atoms with Crippen LogP contribution in [-0.4, -0.2) is 27.3 Å². The van der Waals surface area contributed by atoms with Gasteiger partial charge in [0.05, 0.1) is 20.7 Å². The molecule has 0 N–H and O–H groups in total. The number of quaternary nitrogens is 1. The summed E-state index contributed by atoms with van der Waals surface area (Å²) in [5.41, 5.74) is 3.32. The number of rotatable bonds is 12. The molecule has 0 aliphatic heterocycles. The van der Waals surface area contributed by atoms with E-state index >= 15 is 0 Å². The van der Waals surface area contributed by atoms with Gasteiger partial charge in [-0.25, -0.2) is 0 Å². The molecule has 190 valence electrons. The van der Waals surface area contributed by atoms with E-state index < -0.39 is 5.72 Å². The number of nitrogens with zero attached hydrogens (tertiary/aromatic N) is 1. The fraction of sp³-hybridized carbons (Fsp3) is 0.419. The Morgan fingerprint density at radius 3 is 1.89 bits per heavy atom. The van der Waals surface area contributed by atoms with E-state index in [2.05, 4.69) is 96.4 Å². The lowest BCUT2D eigenvalue weighted by molar-refractivity contribution is -0.157. The maximum Gasteiger partial charge on any atom is 0.234 e. The zero-order chi connectivity index (χ0) is 24.6. The summed E-state index contributed by atoms with van der Waals surface area (Å²) in [5.74, 6) is 1.88. The molecule has 4 heteroatoms. The molecule has 0 spiro atoms. The molecule has 0 amide bonds. The molecule has 3 rings (SSSR count). The van der Waals surface area contributed by atoms with E-state index in [4.69, 9.17) is 9.47 Å². The van der Waals surface area contributed by atoms with Crippen molar-refractivity contribution >= 4 is 5.69 Å². The molecule has 0 aromatic heterocycles. The molecule has 0 fully saturated rings. The first-order chi connectivity index (χ1) is 16.3. The minimum atomic E-state index is -0.555. The largest absolute Gasteiger partial charge is 1.00 e. The highest BCUT2D eigenvalue weighted by Gasteiger charge is 2.51. The number of halogens is 1. The molecule has 0 bridgehead atoms. The van der Waals surface area contributed by atoms with Crippen LogP contribution in [0.1, 0.15) is 45.2 Å². The second-order valence-corrected chi connectivity index (χ2v) is 10.4. The van der Waals surface area contributed by atoms with Gasteiger partial charge in [-0.2, -0.15) is 0 Å². The Hall–Kier alpha value is -2.33. The molecule has 0 heterocycles. The predicted molar refractivity (Wildman–Crippen MR) is 144 cm³/mol. The van der Waals surface area contributed by atoms with Gasteiger partial charge in [0.2, 0.25) is 5.72 Å². The third kappa shape index (κ3) is 7.10. The van der Waals surface area contributed by atoms with Crippen LogP contribution < -0.4 is 21.6 Å². The van der Waals surface area contributed by atoms with Gasteiger partial charge in [0.1, 0.15) is 18.0 Å². The second-order valence-electron chi connectivity index (χ2n) is 10.4. The van der Waals surface area contributed by atoms with Crippen LogP contribution in [0, 0.1) is 11.8 Å². The van der Waals surface area contributed by atoms with Crippen LogP contribution in [0.3, 0.4) is 0 Å². The normalized spacial score (nSPS) is 13.4. The summed E-state index contributed by atoms with van der Waals surface area (Å²) in [6, 6.07) is 29.6. The highest BCUT2D eigenvalue weighted by Crippen LogP contribution is 2.45. The summed E-state index contributed by atoms with van der Waals surface area (Å²) in [6.45, 7) is 10.2. The Morgan fingerprint density at radius 2 is 1.29 bits per heavy atom. The van der Waals surface area contributed by atoms with E-state index in [1.54, 1.807) is 0 Å². The fourth-order valence-corrected chi connectivity index (χ4v) is 4.91. The molecule has 0 aliphatic rings. The SMILES string of the molecule is CC(C)Cc1ccccc1C(CC(C)C)(OCCOc1ccccc1)[N+](C)(C)c1ccccc1.[Cl-]. The first-order valence-electron chi connectivity index (χ1n) is 12.6. The van der Waals surface area contributed by atoms with Gasteiger partial charge in [0.15, 0.2) is 0 Å². The van der Waals surface area contributed by atoms with E-state index in [-0.39, 0.29) is 12.4 Å². The van der Waals surface area contributed by atoms with Crippen molar-refractivity contribution in [3.63, 3.8) is 0 Å². The number of ether oxygens (including phenoxy) is 2. The standard InChI is InChI=1S/C31H42NO2.ClH/c1-25(2)23-27-15-13-14-20-30(27)31(24-26(3)4,32(5,6)28-16-9-7-10-17-28)34-22-21-33-29-18-11-8-12-19-29;/h7-20,25-26H,21-24H2,1-6H3;1H/q+1;/p-1. The van der Waals surface area contributed by atoms with Crippen molar-refractivity contribution in [2.45, 2.75) is 46.3 Å². The number of hydrogen-bond donors (Lipinski definition) is 0. The summed E-state index contributed by atoms with van der Waals surface area (Å²) >= 11 is 0. The van der Waals surface area contributed by atoms with Crippen LogP contribution in [0.4, 0.5) is 5.69 Å². The minimum absolute atomic E-state index is 0. The highest BCUT2D eigenvalue weighted by molar-refractivity contribution is 5.47. The molecule has 3 nitrogen and oxygen atoms in total. The first-order valence-corrected chi connectivity index (χ1v) is 12.6. The van der Waals surface area contributed by atoms with E-state index in [0.29, 0.717) is 29.5 Å². The van der Waals surface area contributed by atoms with Crippen molar-refractivity contribution in [1.29, 1.82) is 0 Å². The number of hydrogen-bond acceptors (Lipinski definition) is 2. The van der Waals surface area contributed by atoms with Crippen molar-refractivity contribution in [3.8, 4) is 5.75 Å². The van der Waals surface area contributed by atoms with E-state index in [1.165, 1.54) is 16.8 Å². The lowest BCUT2D eigenvalue weighted by atomic mass is 9.84. The summed E-state index contributed by atoms with van der Waals surface area (Å²) in [6.07, 6.45) is 1.92. The molecule has 1 atom stereocenters. The quantitative estimate of drug-likeness (QED) is 0.210. The number of benzene rings is 3. The first kappa shape index (κ1) is 28.9. The number of para-hydroxylation sites is 2. The van der Waals surface area contributed by atoms with Crippen LogP contribution in [0.15, 0.2) is 84.9 Å². The molecule has 35 heavy (non-hydrogen) atoms. The van der Waals surface area contributed by atoms with E-state index in [9.17, 15) is 0 Å². The lowest BCUT2D eigenvalue weighted by Gasteiger charge is -2.49. The van der Waals surface area contributed by atoms with Gasteiger partial charge in [0, 0.05) is 12.0 Å². The van der Waals surface area contributed by atoms with Crippen LogP contribution in [-0.2, 0) is 16.9 Å². The summed E-state index contributed by atoms with van der Waals surface area (Å²) in [5, 5.41) is 0. The van der Waals surface area contributed by atoms with Crippen molar-refractivity contribution < 1.29 is 21.9 Å². The minimum Gasteiger partial charge on any atom is -1.00 e. The third-order valence-corrected chi connectivity index (χ3v) is 6.49. The summed E-state index contributed by atoms with van der Waals surface area (Å²) in [4.78, 5) is 0. The van der Waals surface area contributed by atoms with Crippen molar-refractivity contribution in [2.75, 3.05) is 27.3 Å². The summed E-state index contributed by atoms with van der Waals surface area (Å²) < 4.78 is 13.7. The van der Waals surface area contributed by atoms with Gasteiger partial charge in [-0.05, 0) is 54.2 Å². The van der Waals surface area contributed by atoms with E-state index in [1.807, 2.05) is 30.3 Å². The Labute approximate surface area is 219 Å². The highest BCUT2D eigenvalue weighted by atomic mass is 35.5. The molecule has 0 saturated heterocycles. The second kappa shape index (κ2) is 13.1. The molecule has 0 saturated carbocycles. The van der Waals surface area contributed by atoms with Crippen LogP contribution in [0.5, 0.6) is 5.75 Å². The van der Waals surface area contributed by atoms with Gasteiger partial charge >= 0.3 is 0 Å². The summed E-state index contributed by atoms with van der Waals surface area (Å²) in [7, 11) is 4.56. The molecule has 3 aromatic carbocycles. The molecule has 0 radical (unpaired) electrons. The average Bonchev–Trinajstić information content (AvgIpc) is 2.82. The Morgan fingerprint density at radius 1 is 0.714 bits per heavy atom. The Kier molecular flexibility index (Phi) is 10.8. The van der Waals surface area contributed by atoms with Gasteiger partial charge in [-0.15, -0.1) is 0 Å². The van der Waals surface area contributed by atoms with Gasteiger partial charge in [0.25, 0.3) is 0 Å². The zero-order valence-electron chi connectivity index (χ0n) is 22.2. The molecular formula is C31H42ClNO2. The Balaban J connectivity index is 0.00000432. The maximum absolute atomic E-state index is 7.04. The van der Waals surface area contributed by atoms with Crippen molar-refractivity contribution in [2.24, 2.45) is 11.8 Å². The van der Waals surface area contributed by atoms with Crippen LogP contribution in [0.25, 0.3) is 0 Å². The lowest BCUT2D eigenvalue weighted by Crippen LogP contribution is -3.00. The smallest absolute Gasteiger partial charge is 0.234 e. The zero-order valence-corrected chi connectivity index (χ0v) is 23.0. The molecular weight excluding hydrogens is 454 g/mol. The van der Waals surface area contributed by atoms with Gasteiger partial charge < -0.3 is 21.9 Å². The third-order valence-electron chi connectivity index (χ3n) is 6.49. The van der Waals surface area contributed by atoms with Crippen LogP contribution >= 0.6 is 0 Å². The maximum atomic E-state index is 7.04. The molecule has 3 aromatic rings. The average molecular weight is 496 g/mol. The fourth-order valence-electron chi connectivity index (χ4n) is 4.91. The Bertz CT molecular complexity index is 1000. The van der Waals surface area contributed by atoms with Gasteiger partial charge in [-0.1, -0.05) is 82.3 Å². The predicted octanol–water partition coefficient (Wildman–Crippen LogP) is 4.45. The van der Waals surface area contributed by atoms with E-state index in [0.717, 1.165) is 18.6 Å². The topological polar surface area (TPSA) is 18.5 Å². The van der Waals surface area contributed by atoms with Gasteiger partial charge in [-0.3, -0.25) is 4.48 Å². The monoisotopic (exact) mass is 495 g/mol.